The van der Waals surface area contributed by atoms with Gasteiger partial charge in [-0.1, -0.05) is 333 Å². The van der Waals surface area contributed by atoms with Gasteiger partial charge < -0.3 is 20.3 Å². The van der Waals surface area contributed by atoms with Crippen molar-refractivity contribution in [2.45, 2.75) is 386 Å². The van der Waals surface area contributed by atoms with Crippen LogP contribution in [0.25, 0.3) is 0 Å². The molecule has 0 heterocycles. The average molecular weight is 1070 g/mol. The molecule has 0 rings (SSSR count). The van der Waals surface area contributed by atoms with Gasteiger partial charge in [0.15, 0.2) is 0 Å². The fourth-order valence-corrected chi connectivity index (χ4v) is 10.7. The third kappa shape index (κ3) is 61.3. The highest BCUT2D eigenvalue weighted by Crippen LogP contribution is 2.18. The molecule has 76 heavy (non-hydrogen) atoms. The maximum absolute atomic E-state index is 12.5. The summed E-state index contributed by atoms with van der Waals surface area (Å²) in [6.07, 6.45) is 83.5. The molecule has 0 aliphatic heterocycles. The van der Waals surface area contributed by atoms with E-state index in [0.29, 0.717) is 19.4 Å². The maximum Gasteiger partial charge on any atom is 0.305 e. The quantitative estimate of drug-likeness (QED) is 0.0320. The van der Waals surface area contributed by atoms with Gasteiger partial charge in [-0.3, -0.25) is 9.59 Å². The van der Waals surface area contributed by atoms with Crippen LogP contribution >= 0.6 is 0 Å². The number of hydrogen-bond donors (Lipinski definition) is 3. The summed E-state index contributed by atoms with van der Waals surface area (Å²) >= 11 is 0. The van der Waals surface area contributed by atoms with E-state index in [9.17, 15) is 19.8 Å². The first-order valence-corrected chi connectivity index (χ1v) is 34.3. The van der Waals surface area contributed by atoms with Crippen LogP contribution in [0.2, 0.25) is 0 Å². The molecular weight excluding hydrogens is 935 g/mol. The first kappa shape index (κ1) is 74.1. The molecule has 0 aliphatic rings. The van der Waals surface area contributed by atoms with Crippen molar-refractivity contribution in [2.24, 2.45) is 0 Å². The number of hydrogen-bond acceptors (Lipinski definition) is 5. The number of carbonyl (C=O) groups is 2. The fourth-order valence-electron chi connectivity index (χ4n) is 10.7. The smallest absolute Gasteiger partial charge is 0.305 e. The highest BCUT2D eigenvalue weighted by molar-refractivity contribution is 5.76. The molecule has 0 fully saturated rings. The van der Waals surface area contributed by atoms with Gasteiger partial charge in [-0.15, -0.1) is 0 Å². The molecule has 0 aromatic rings. The van der Waals surface area contributed by atoms with Crippen molar-refractivity contribution in [1.82, 2.24) is 5.32 Å². The summed E-state index contributed by atoms with van der Waals surface area (Å²) in [6.45, 7) is 4.93. The van der Waals surface area contributed by atoms with Crippen LogP contribution in [0.1, 0.15) is 373 Å². The Labute approximate surface area is 474 Å². The Kier molecular flexibility index (Phi) is 63.9. The summed E-state index contributed by atoms with van der Waals surface area (Å²) in [5, 5.41) is 23.2. The number of amides is 1. The monoisotopic (exact) mass is 1070 g/mol. The van der Waals surface area contributed by atoms with Gasteiger partial charge in [0.25, 0.3) is 0 Å². The SMILES string of the molecule is CCCCCCCCCCCCCCCCCCC/C=C/C(O)C(CO)NC(=O)CCCCCCCCC/C=C\C/C=C\CCCCCCCCCCCOC(=O)CCCCCCCCCCCCCCCCCCC. The highest BCUT2D eigenvalue weighted by atomic mass is 16.5. The summed E-state index contributed by atoms with van der Waals surface area (Å²) in [6, 6.07) is -0.637. The van der Waals surface area contributed by atoms with Crippen LogP contribution < -0.4 is 5.32 Å². The predicted octanol–water partition coefficient (Wildman–Crippen LogP) is 21.9. The van der Waals surface area contributed by atoms with Gasteiger partial charge in [0.2, 0.25) is 5.91 Å². The number of ether oxygens (including phenoxy) is 1. The molecule has 2 unspecified atom stereocenters. The van der Waals surface area contributed by atoms with Crippen molar-refractivity contribution in [3.8, 4) is 0 Å². The summed E-state index contributed by atoms with van der Waals surface area (Å²) in [5.41, 5.74) is 0. The zero-order valence-electron chi connectivity index (χ0n) is 51.3. The number of aliphatic hydroxyl groups is 2. The van der Waals surface area contributed by atoms with Crippen LogP contribution in [-0.4, -0.2) is 47.4 Å². The van der Waals surface area contributed by atoms with Crippen molar-refractivity contribution in [2.75, 3.05) is 13.2 Å². The molecule has 0 aromatic carbocycles. The van der Waals surface area contributed by atoms with Gasteiger partial charge in [0.1, 0.15) is 0 Å². The topological polar surface area (TPSA) is 95.9 Å². The molecule has 2 atom stereocenters. The van der Waals surface area contributed by atoms with Crippen LogP contribution in [0.5, 0.6) is 0 Å². The lowest BCUT2D eigenvalue weighted by atomic mass is 10.0. The second-order valence-corrected chi connectivity index (χ2v) is 23.5. The Balaban J connectivity index is 3.46. The molecule has 6 heteroatoms. The number of esters is 1. The van der Waals surface area contributed by atoms with Gasteiger partial charge in [-0.05, 0) is 64.2 Å². The predicted molar refractivity (Wildman–Crippen MR) is 333 cm³/mol. The van der Waals surface area contributed by atoms with E-state index in [1.54, 1.807) is 6.08 Å². The van der Waals surface area contributed by atoms with Crippen molar-refractivity contribution < 1.29 is 24.5 Å². The van der Waals surface area contributed by atoms with E-state index in [2.05, 4.69) is 43.5 Å². The Bertz CT molecular complexity index is 1230. The first-order chi connectivity index (χ1) is 37.5. The van der Waals surface area contributed by atoms with Crippen LogP contribution in [0.3, 0.4) is 0 Å². The molecule has 0 radical (unpaired) electrons. The fraction of sp³-hybridized carbons (Fsp3) is 0.886. The van der Waals surface area contributed by atoms with E-state index in [0.717, 1.165) is 57.8 Å². The molecule has 0 aromatic heterocycles. The Morgan fingerprint density at radius 3 is 1.00 bits per heavy atom. The van der Waals surface area contributed by atoms with E-state index in [1.807, 2.05) is 6.08 Å². The Morgan fingerprint density at radius 1 is 0.368 bits per heavy atom. The minimum atomic E-state index is -0.852. The standard InChI is InChI=1S/C70H133NO5/c1-3-5-7-9-11-13-15-17-19-21-27-31-34-38-42-46-50-54-58-62-68(73)67(66-72)71-69(74)63-59-55-51-47-43-39-35-32-28-25-23-22-24-26-29-33-37-41-45-49-53-57-61-65-76-70(75)64-60-56-52-48-44-40-36-30-20-18-16-14-12-10-8-6-4-2/h22,24-25,28,58,62,67-68,72-73H,3-21,23,26-27,29-57,59-61,63-66H2,1-2H3,(H,71,74)/b24-22-,28-25-,62-58+. The van der Waals surface area contributed by atoms with E-state index < -0.39 is 12.1 Å². The van der Waals surface area contributed by atoms with Gasteiger partial charge in [0.05, 0.1) is 25.4 Å². The lowest BCUT2D eigenvalue weighted by Crippen LogP contribution is -2.45. The molecule has 0 bridgehead atoms. The lowest BCUT2D eigenvalue weighted by molar-refractivity contribution is -0.143. The molecule has 0 saturated carbocycles. The van der Waals surface area contributed by atoms with Crippen LogP contribution in [0.4, 0.5) is 0 Å². The zero-order chi connectivity index (χ0) is 55.0. The Hall–Kier alpha value is -1.92. The number of nitrogens with one attached hydrogen (secondary N) is 1. The van der Waals surface area contributed by atoms with E-state index in [-0.39, 0.29) is 18.5 Å². The number of carbonyl (C=O) groups excluding carboxylic acids is 2. The number of unbranched alkanes of at least 4 members (excludes halogenated alkanes) is 49. The van der Waals surface area contributed by atoms with Crippen molar-refractivity contribution in [3.05, 3.63) is 36.5 Å². The first-order valence-electron chi connectivity index (χ1n) is 34.3. The summed E-state index contributed by atoms with van der Waals surface area (Å²) in [5.74, 6) is -0.0647. The van der Waals surface area contributed by atoms with Crippen molar-refractivity contribution in [1.29, 1.82) is 0 Å². The maximum atomic E-state index is 12.5. The van der Waals surface area contributed by atoms with Crippen LogP contribution in [0.15, 0.2) is 36.5 Å². The minimum Gasteiger partial charge on any atom is -0.466 e. The lowest BCUT2D eigenvalue weighted by Gasteiger charge is -2.20. The average Bonchev–Trinajstić information content (AvgIpc) is 3.42. The zero-order valence-corrected chi connectivity index (χ0v) is 51.3. The summed E-state index contributed by atoms with van der Waals surface area (Å²) in [7, 11) is 0. The van der Waals surface area contributed by atoms with E-state index in [1.165, 1.54) is 289 Å². The second kappa shape index (κ2) is 65.6. The van der Waals surface area contributed by atoms with Gasteiger partial charge >= 0.3 is 5.97 Å². The third-order valence-corrected chi connectivity index (χ3v) is 15.9. The number of allylic oxidation sites excluding steroid dienone is 5. The molecule has 448 valence electrons. The van der Waals surface area contributed by atoms with Gasteiger partial charge in [0, 0.05) is 12.8 Å². The second-order valence-electron chi connectivity index (χ2n) is 23.5. The van der Waals surface area contributed by atoms with E-state index >= 15 is 0 Å². The number of aliphatic hydroxyl groups excluding tert-OH is 2. The largest absolute Gasteiger partial charge is 0.466 e. The van der Waals surface area contributed by atoms with Crippen LogP contribution in [0, 0.1) is 0 Å². The molecule has 3 N–H and O–H groups in total. The molecule has 6 nitrogen and oxygen atoms in total. The number of rotatable bonds is 64. The molecular formula is C70H133NO5. The third-order valence-electron chi connectivity index (χ3n) is 15.9. The van der Waals surface area contributed by atoms with Gasteiger partial charge in [-0.25, -0.2) is 0 Å². The van der Waals surface area contributed by atoms with Gasteiger partial charge in [-0.2, -0.15) is 0 Å². The van der Waals surface area contributed by atoms with E-state index in [4.69, 9.17) is 4.74 Å². The molecule has 0 aliphatic carbocycles. The molecule has 0 saturated heterocycles. The van der Waals surface area contributed by atoms with Crippen LogP contribution in [-0.2, 0) is 14.3 Å². The minimum absolute atomic E-state index is 0.0109. The van der Waals surface area contributed by atoms with Crippen molar-refractivity contribution in [3.63, 3.8) is 0 Å². The summed E-state index contributed by atoms with van der Waals surface area (Å²) < 4.78 is 5.50. The van der Waals surface area contributed by atoms with Crippen molar-refractivity contribution >= 4 is 11.9 Å². The molecule has 1 amide bonds. The Morgan fingerprint density at radius 2 is 0.658 bits per heavy atom. The normalized spacial score (nSPS) is 12.7. The highest BCUT2D eigenvalue weighted by Gasteiger charge is 2.18. The summed E-state index contributed by atoms with van der Waals surface area (Å²) in [4.78, 5) is 24.6. The molecule has 0 spiro atoms.